The van der Waals surface area contributed by atoms with E-state index in [4.69, 9.17) is 32.7 Å². The zero-order valence-electron chi connectivity index (χ0n) is 12.9. The number of halogens is 2. The van der Waals surface area contributed by atoms with E-state index in [0.717, 1.165) is 17.6 Å². The van der Waals surface area contributed by atoms with E-state index in [9.17, 15) is 5.11 Å². The van der Waals surface area contributed by atoms with E-state index in [-0.39, 0.29) is 6.71 Å². The molecule has 2 aliphatic rings. The van der Waals surface area contributed by atoms with Crippen LogP contribution < -0.4 is 15.5 Å². The fraction of sp³-hybridized carbons (Fsp3) is 0.294. The predicted octanol–water partition coefficient (Wildman–Crippen LogP) is 3.21. The summed E-state index contributed by atoms with van der Waals surface area (Å²) in [7, 11) is 0. The highest BCUT2D eigenvalue weighted by Crippen LogP contribution is 2.33. The molecule has 2 N–H and O–H groups in total. The predicted molar refractivity (Wildman–Crippen MR) is 97.4 cm³/mol. The topological polar surface area (TPSA) is 50.7 Å². The van der Waals surface area contributed by atoms with Gasteiger partial charge in [0.1, 0.15) is 17.1 Å². The normalized spacial score (nSPS) is 17.9. The number of fused-ring (bicyclic) bond motifs is 1. The number of hydrogen-bond acceptors (Lipinski definition) is 4. The Hall–Kier alpha value is -1.40. The summed E-state index contributed by atoms with van der Waals surface area (Å²) in [6.07, 6.45) is 1.49. The molecule has 0 bridgehead atoms. The molecule has 24 heavy (non-hydrogen) atoms. The molecule has 0 amide bonds. The van der Waals surface area contributed by atoms with Crippen LogP contribution in [-0.4, -0.2) is 37.1 Å². The van der Waals surface area contributed by atoms with Crippen LogP contribution in [0.1, 0.15) is 0 Å². The number of hydrogen-bond donors (Lipinski definition) is 2. The van der Waals surface area contributed by atoms with Gasteiger partial charge in [-0.1, -0.05) is 28.7 Å². The highest BCUT2D eigenvalue weighted by Gasteiger charge is 2.41. The lowest BCUT2D eigenvalue weighted by Crippen LogP contribution is -2.53. The van der Waals surface area contributed by atoms with Crippen LogP contribution in [0.3, 0.4) is 0 Å². The van der Waals surface area contributed by atoms with Crippen molar-refractivity contribution in [2.24, 2.45) is 0 Å². The maximum absolute atomic E-state index is 10.3. The largest absolute Gasteiger partial charge is 0.456 e. The fourth-order valence-electron chi connectivity index (χ4n) is 3.23. The summed E-state index contributed by atoms with van der Waals surface area (Å²) in [5, 5.41) is 14.8. The molecule has 0 radical (unpaired) electrons. The summed E-state index contributed by atoms with van der Waals surface area (Å²) in [6.45, 7) is 1.06. The monoisotopic (exact) mass is 363 g/mol. The van der Waals surface area contributed by atoms with Gasteiger partial charge in [0.15, 0.2) is 0 Å². The SMILES string of the molecule is OC1(CB2CNc3ccc(Oc4ccc(Cl)cc4Cl)cc32)COC1. The Kier molecular flexibility index (Phi) is 4.13. The van der Waals surface area contributed by atoms with Crippen molar-refractivity contribution in [1.29, 1.82) is 0 Å². The first-order valence-electron chi connectivity index (χ1n) is 7.83. The van der Waals surface area contributed by atoms with Crippen LogP contribution in [0, 0.1) is 0 Å². The second-order valence-electron chi connectivity index (χ2n) is 6.42. The zero-order chi connectivity index (χ0) is 16.7. The molecule has 7 heteroatoms. The van der Waals surface area contributed by atoms with E-state index in [1.165, 1.54) is 0 Å². The lowest BCUT2D eigenvalue weighted by atomic mass is 9.41. The molecule has 2 heterocycles. The highest BCUT2D eigenvalue weighted by atomic mass is 35.5. The third-order valence-electron chi connectivity index (χ3n) is 4.49. The summed E-state index contributed by atoms with van der Waals surface area (Å²) in [4.78, 5) is 0. The quantitative estimate of drug-likeness (QED) is 0.819. The summed E-state index contributed by atoms with van der Waals surface area (Å²) in [6, 6.07) is 11.1. The van der Waals surface area contributed by atoms with Gasteiger partial charge in [-0.05, 0) is 49.2 Å². The number of rotatable bonds is 4. The molecule has 1 fully saturated rings. The smallest absolute Gasteiger partial charge is 0.203 e. The van der Waals surface area contributed by atoms with Crippen molar-refractivity contribution >= 4 is 41.1 Å². The molecule has 4 nitrogen and oxygen atoms in total. The summed E-state index contributed by atoms with van der Waals surface area (Å²) in [5.74, 6) is 1.28. The van der Waals surface area contributed by atoms with Gasteiger partial charge in [0, 0.05) is 10.7 Å². The first kappa shape index (κ1) is 16.1. The van der Waals surface area contributed by atoms with E-state index in [2.05, 4.69) is 5.32 Å². The first-order chi connectivity index (χ1) is 11.5. The molecular weight excluding hydrogens is 348 g/mol. The Morgan fingerprint density at radius 2 is 2.04 bits per heavy atom. The van der Waals surface area contributed by atoms with E-state index < -0.39 is 5.60 Å². The van der Waals surface area contributed by atoms with Gasteiger partial charge in [0.2, 0.25) is 6.71 Å². The van der Waals surface area contributed by atoms with Gasteiger partial charge in [0.25, 0.3) is 0 Å². The Balaban J connectivity index is 1.56. The maximum atomic E-state index is 10.3. The zero-order valence-corrected chi connectivity index (χ0v) is 14.4. The van der Waals surface area contributed by atoms with Crippen LogP contribution in [0.5, 0.6) is 11.5 Å². The Morgan fingerprint density at radius 3 is 2.75 bits per heavy atom. The fourth-order valence-corrected chi connectivity index (χ4v) is 3.67. The molecule has 0 unspecified atom stereocenters. The molecule has 0 saturated carbocycles. The minimum atomic E-state index is -0.704. The van der Waals surface area contributed by atoms with Gasteiger partial charge in [0.05, 0.1) is 18.2 Å². The second kappa shape index (κ2) is 6.15. The molecule has 2 aromatic carbocycles. The Labute approximate surface area is 150 Å². The molecule has 0 aliphatic carbocycles. The molecular formula is C17H16BCl2NO3. The number of anilines is 1. The van der Waals surface area contributed by atoms with Gasteiger partial charge >= 0.3 is 0 Å². The van der Waals surface area contributed by atoms with Gasteiger partial charge in [-0.2, -0.15) is 0 Å². The number of ether oxygens (including phenoxy) is 2. The summed E-state index contributed by atoms with van der Waals surface area (Å²) >= 11 is 12.1. The molecule has 1 saturated heterocycles. The molecule has 2 aliphatic heterocycles. The maximum Gasteiger partial charge on any atom is 0.203 e. The molecule has 0 spiro atoms. The first-order valence-corrected chi connectivity index (χ1v) is 8.59. The highest BCUT2D eigenvalue weighted by molar-refractivity contribution is 6.77. The lowest BCUT2D eigenvalue weighted by molar-refractivity contribution is -0.165. The number of benzene rings is 2. The molecule has 2 aromatic rings. The van der Waals surface area contributed by atoms with Crippen molar-refractivity contribution in [3.8, 4) is 11.5 Å². The van der Waals surface area contributed by atoms with Crippen molar-refractivity contribution in [3.05, 3.63) is 46.4 Å². The minimum absolute atomic E-state index is 0.234. The summed E-state index contributed by atoms with van der Waals surface area (Å²) in [5.41, 5.74) is 1.53. The van der Waals surface area contributed by atoms with Crippen LogP contribution in [0.25, 0.3) is 0 Å². The van der Waals surface area contributed by atoms with Crippen LogP contribution in [0.2, 0.25) is 16.4 Å². The van der Waals surface area contributed by atoms with Crippen molar-refractivity contribution < 1.29 is 14.6 Å². The third kappa shape index (κ3) is 3.09. The average Bonchev–Trinajstić information content (AvgIpc) is 2.91. The molecule has 124 valence electrons. The standard InChI is InChI=1S/C17H16BCl2NO3/c19-11-1-4-16(14(20)5-11)24-12-2-3-15-13(6-12)18(10-21-15)7-17(22)8-23-9-17/h1-6,21-22H,7-10H2. The van der Waals surface area contributed by atoms with Crippen molar-refractivity contribution in [2.45, 2.75) is 11.9 Å². The van der Waals surface area contributed by atoms with Crippen molar-refractivity contribution in [3.63, 3.8) is 0 Å². The van der Waals surface area contributed by atoms with Crippen LogP contribution in [0.4, 0.5) is 5.69 Å². The van der Waals surface area contributed by atoms with E-state index in [1.54, 1.807) is 18.2 Å². The van der Waals surface area contributed by atoms with Crippen molar-refractivity contribution in [1.82, 2.24) is 0 Å². The van der Waals surface area contributed by atoms with E-state index in [0.29, 0.717) is 41.1 Å². The van der Waals surface area contributed by atoms with Gasteiger partial charge in [-0.25, -0.2) is 0 Å². The number of aliphatic hydroxyl groups is 1. The van der Waals surface area contributed by atoms with Crippen LogP contribution in [0.15, 0.2) is 36.4 Å². The van der Waals surface area contributed by atoms with Gasteiger partial charge in [-0.3, -0.25) is 0 Å². The second-order valence-corrected chi connectivity index (χ2v) is 7.27. The average molecular weight is 364 g/mol. The van der Waals surface area contributed by atoms with E-state index in [1.807, 2.05) is 18.2 Å². The van der Waals surface area contributed by atoms with E-state index >= 15 is 0 Å². The Morgan fingerprint density at radius 1 is 1.21 bits per heavy atom. The molecule has 0 atom stereocenters. The minimum Gasteiger partial charge on any atom is -0.456 e. The van der Waals surface area contributed by atoms with Gasteiger partial charge in [-0.15, -0.1) is 0 Å². The Bertz CT molecular complexity index is 782. The lowest BCUT2D eigenvalue weighted by Gasteiger charge is -2.37. The van der Waals surface area contributed by atoms with Crippen molar-refractivity contribution in [2.75, 3.05) is 25.0 Å². The number of nitrogens with one attached hydrogen (secondary N) is 1. The van der Waals surface area contributed by atoms with Gasteiger partial charge < -0.3 is 19.9 Å². The summed E-state index contributed by atoms with van der Waals surface area (Å²) < 4.78 is 11.0. The van der Waals surface area contributed by atoms with Crippen LogP contribution in [-0.2, 0) is 4.74 Å². The molecule has 0 aromatic heterocycles. The third-order valence-corrected chi connectivity index (χ3v) is 5.02. The van der Waals surface area contributed by atoms with Crippen LogP contribution >= 0.6 is 23.2 Å². The molecule has 4 rings (SSSR count).